The van der Waals surface area contributed by atoms with E-state index in [1.807, 2.05) is 104 Å². The minimum atomic E-state index is -0.00582. The molecule has 0 unspecified atom stereocenters. The maximum atomic E-state index is 12.7. The molecule has 0 amide bonds. The number of aryl methyl sites for hydroxylation is 1. The summed E-state index contributed by atoms with van der Waals surface area (Å²) in [5.41, 5.74) is 7.98. The molecule has 6 aromatic rings. The number of pyridine rings is 1. The molecule has 1 heterocycles. The van der Waals surface area contributed by atoms with E-state index in [-0.39, 0.29) is 5.78 Å². The van der Waals surface area contributed by atoms with Crippen molar-refractivity contribution in [3.63, 3.8) is 0 Å². The number of carbonyl (C=O) groups excluding carboxylic acids is 1. The summed E-state index contributed by atoms with van der Waals surface area (Å²) < 4.78 is 0. The number of fused-ring (bicyclic) bond motifs is 2. The number of aromatic nitrogens is 1. The molecule has 0 aliphatic carbocycles. The normalized spacial score (nSPS) is 10.8. The molecular weight excluding hydrogens is 512 g/mol. The zero-order valence-electron chi connectivity index (χ0n) is 21.8. The molecule has 0 spiro atoms. The second-order valence-electron chi connectivity index (χ2n) is 9.58. The van der Waals surface area contributed by atoms with Crippen molar-refractivity contribution in [2.45, 2.75) is 6.92 Å². The minimum absolute atomic E-state index is 0.00582. The van der Waals surface area contributed by atoms with Crippen LogP contribution in [0.4, 0.5) is 22.7 Å². The van der Waals surface area contributed by atoms with Crippen molar-refractivity contribution in [3.8, 4) is 0 Å². The van der Waals surface area contributed by atoms with Gasteiger partial charge in [-0.25, -0.2) is 4.98 Å². The molecule has 0 bridgehead atoms. The highest BCUT2D eigenvalue weighted by Gasteiger charge is 2.10. The molecule has 40 heavy (non-hydrogen) atoms. The smallest absolute Gasteiger partial charge is 0.193 e. The number of nitrogens with zero attached hydrogens (tertiary/aromatic N) is 1. The highest BCUT2D eigenvalue weighted by atomic mass is 32.1. The maximum absolute atomic E-state index is 12.7. The number of benzene rings is 5. The molecule has 0 fully saturated rings. The molecule has 0 saturated heterocycles. The third-order valence-corrected chi connectivity index (χ3v) is 6.92. The summed E-state index contributed by atoms with van der Waals surface area (Å²) >= 11 is 5.52. The molecule has 6 rings (SSSR count). The van der Waals surface area contributed by atoms with E-state index in [1.165, 1.54) is 0 Å². The van der Waals surface area contributed by atoms with Gasteiger partial charge in [-0.1, -0.05) is 66.2 Å². The molecule has 1 aromatic heterocycles. The highest BCUT2D eigenvalue weighted by Crippen LogP contribution is 2.33. The van der Waals surface area contributed by atoms with E-state index in [1.54, 1.807) is 12.1 Å². The second kappa shape index (κ2) is 11.0. The summed E-state index contributed by atoms with van der Waals surface area (Å²) in [6, 6.07) is 39.2. The van der Waals surface area contributed by atoms with Gasteiger partial charge in [0.05, 0.1) is 16.7 Å². The SMILES string of the molecule is Cc1ccc(C(=O)c2ccc(NC(=S)Nc3ccc(Nc4c5ccccc5nc5ccccc45)cc3)cc2)cc1. The number of anilines is 4. The first kappa shape index (κ1) is 25.2. The topological polar surface area (TPSA) is 66.1 Å². The Morgan fingerprint density at radius 1 is 0.600 bits per heavy atom. The van der Waals surface area contributed by atoms with Crippen LogP contribution in [-0.4, -0.2) is 15.9 Å². The molecule has 0 aliphatic rings. The summed E-state index contributed by atoms with van der Waals surface area (Å²) in [7, 11) is 0. The standard InChI is InChI=1S/C34H26N4OS/c1-22-10-12-23(13-11-22)33(39)24-14-16-26(17-15-24)36-34(40)37-27-20-18-25(19-21-27)35-32-28-6-2-4-8-30(28)38-31-9-5-3-7-29(31)32/h2-21H,1H3,(H,35,38)(H2,36,37,40). The summed E-state index contributed by atoms with van der Waals surface area (Å²) in [4.78, 5) is 17.5. The first-order valence-corrected chi connectivity index (χ1v) is 13.4. The Morgan fingerprint density at radius 2 is 1.05 bits per heavy atom. The maximum Gasteiger partial charge on any atom is 0.193 e. The van der Waals surface area contributed by atoms with Crippen LogP contribution in [0.15, 0.2) is 121 Å². The van der Waals surface area contributed by atoms with Crippen LogP contribution in [0.2, 0.25) is 0 Å². The lowest BCUT2D eigenvalue weighted by atomic mass is 10.0. The van der Waals surface area contributed by atoms with E-state index in [0.717, 1.165) is 50.1 Å². The number of hydrogen-bond acceptors (Lipinski definition) is 4. The zero-order valence-corrected chi connectivity index (χ0v) is 22.6. The lowest BCUT2D eigenvalue weighted by molar-refractivity contribution is 0.103. The van der Waals surface area contributed by atoms with Crippen molar-refractivity contribution >= 4 is 67.7 Å². The predicted octanol–water partition coefficient (Wildman–Crippen LogP) is 8.48. The fourth-order valence-corrected chi connectivity index (χ4v) is 4.86. The van der Waals surface area contributed by atoms with Gasteiger partial charge in [0.25, 0.3) is 0 Å². The van der Waals surface area contributed by atoms with Crippen LogP contribution < -0.4 is 16.0 Å². The van der Waals surface area contributed by atoms with Gasteiger partial charge in [0, 0.05) is 39.0 Å². The zero-order chi connectivity index (χ0) is 27.5. The molecule has 0 atom stereocenters. The van der Waals surface area contributed by atoms with E-state index in [0.29, 0.717) is 16.2 Å². The number of thiocarbonyl (C=S) groups is 1. The number of para-hydroxylation sites is 2. The lowest BCUT2D eigenvalue weighted by Crippen LogP contribution is -2.19. The fraction of sp³-hybridized carbons (Fsp3) is 0.0294. The van der Waals surface area contributed by atoms with Crippen LogP contribution in [-0.2, 0) is 0 Å². The van der Waals surface area contributed by atoms with Gasteiger partial charge in [-0.2, -0.15) is 0 Å². The monoisotopic (exact) mass is 538 g/mol. The first-order chi connectivity index (χ1) is 19.5. The summed E-state index contributed by atoms with van der Waals surface area (Å²) in [5.74, 6) is -0.00582. The third kappa shape index (κ3) is 5.39. The average molecular weight is 539 g/mol. The summed E-state index contributed by atoms with van der Waals surface area (Å²) in [5, 5.41) is 12.6. The minimum Gasteiger partial charge on any atom is -0.354 e. The van der Waals surface area contributed by atoms with Crippen LogP contribution >= 0.6 is 12.2 Å². The molecule has 194 valence electrons. The Labute approximate surface area is 237 Å². The van der Waals surface area contributed by atoms with Crippen molar-refractivity contribution in [2.75, 3.05) is 16.0 Å². The van der Waals surface area contributed by atoms with E-state index >= 15 is 0 Å². The average Bonchev–Trinajstić information content (AvgIpc) is 2.98. The van der Waals surface area contributed by atoms with E-state index in [2.05, 4.69) is 28.1 Å². The first-order valence-electron chi connectivity index (χ1n) is 13.0. The van der Waals surface area contributed by atoms with Crippen molar-refractivity contribution in [1.82, 2.24) is 4.98 Å². The third-order valence-electron chi connectivity index (χ3n) is 6.72. The van der Waals surface area contributed by atoms with Gasteiger partial charge in [0.2, 0.25) is 0 Å². The Kier molecular flexibility index (Phi) is 6.91. The van der Waals surface area contributed by atoms with Crippen molar-refractivity contribution in [2.24, 2.45) is 0 Å². The van der Waals surface area contributed by atoms with Gasteiger partial charge in [0.15, 0.2) is 10.9 Å². The van der Waals surface area contributed by atoms with Gasteiger partial charge >= 0.3 is 0 Å². The quantitative estimate of drug-likeness (QED) is 0.112. The van der Waals surface area contributed by atoms with Gasteiger partial charge in [-0.15, -0.1) is 0 Å². The summed E-state index contributed by atoms with van der Waals surface area (Å²) in [6.07, 6.45) is 0. The van der Waals surface area contributed by atoms with Crippen LogP contribution in [0.5, 0.6) is 0 Å². The van der Waals surface area contributed by atoms with Crippen LogP contribution in [0.3, 0.4) is 0 Å². The molecule has 0 radical (unpaired) electrons. The molecule has 5 nitrogen and oxygen atoms in total. The molecular formula is C34H26N4OS. The largest absolute Gasteiger partial charge is 0.354 e. The molecule has 3 N–H and O–H groups in total. The number of nitrogens with one attached hydrogen (secondary N) is 3. The van der Waals surface area contributed by atoms with Crippen LogP contribution in [0.25, 0.3) is 21.8 Å². The summed E-state index contributed by atoms with van der Waals surface area (Å²) in [6.45, 7) is 2.00. The Morgan fingerprint density at radius 3 is 1.60 bits per heavy atom. The van der Waals surface area contributed by atoms with Crippen molar-refractivity contribution in [1.29, 1.82) is 0 Å². The van der Waals surface area contributed by atoms with Crippen molar-refractivity contribution < 1.29 is 4.79 Å². The molecule has 6 heteroatoms. The number of carbonyl (C=O) groups is 1. The number of ketones is 1. The van der Waals surface area contributed by atoms with E-state index < -0.39 is 0 Å². The van der Waals surface area contributed by atoms with Gasteiger partial charge in [0.1, 0.15) is 0 Å². The number of rotatable bonds is 6. The lowest BCUT2D eigenvalue weighted by Gasteiger charge is -2.14. The van der Waals surface area contributed by atoms with Gasteiger partial charge in [-0.3, -0.25) is 4.79 Å². The Bertz CT molecular complexity index is 1790. The van der Waals surface area contributed by atoms with Crippen LogP contribution in [0, 0.1) is 6.92 Å². The van der Waals surface area contributed by atoms with Crippen LogP contribution in [0.1, 0.15) is 21.5 Å². The Hall–Kier alpha value is -5.07. The number of hydrogen-bond donors (Lipinski definition) is 3. The molecule has 5 aromatic carbocycles. The van der Waals surface area contributed by atoms with E-state index in [9.17, 15) is 4.79 Å². The van der Waals surface area contributed by atoms with Gasteiger partial charge < -0.3 is 16.0 Å². The van der Waals surface area contributed by atoms with Gasteiger partial charge in [-0.05, 0) is 79.8 Å². The van der Waals surface area contributed by atoms with Crippen molar-refractivity contribution in [3.05, 3.63) is 138 Å². The highest BCUT2D eigenvalue weighted by molar-refractivity contribution is 7.80. The van der Waals surface area contributed by atoms with E-state index in [4.69, 9.17) is 17.2 Å². The predicted molar refractivity (Wildman–Crippen MR) is 170 cm³/mol. The Balaban J connectivity index is 1.12. The fourth-order valence-electron chi connectivity index (χ4n) is 4.63. The molecule has 0 aliphatic heterocycles. The molecule has 0 saturated carbocycles. The second-order valence-corrected chi connectivity index (χ2v) is 9.98.